The lowest BCUT2D eigenvalue weighted by Gasteiger charge is -2.20. The van der Waals surface area contributed by atoms with Crippen LogP contribution in [0.25, 0.3) is 5.69 Å². The van der Waals surface area contributed by atoms with E-state index in [4.69, 9.17) is 23.8 Å². The number of benzene rings is 2. The smallest absolute Gasteiger partial charge is 0.168 e. The van der Waals surface area contributed by atoms with Gasteiger partial charge in [0.2, 0.25) is 0 Å². The number of nitrogens with zero attached hydrogens (tertiary/aromatic N) is 1. The third-order valence-electron chi connectivity index (χ3n) is 4.35. The molecule has 0 amide bonds. The third kappa shape index (κ3) is 3.78. The molecule has 0 aliphatic heterocycles. The summed E-state index contributed by atoms with van der Waals surface area (Å²) in [6.07, 6.45) is 0.848. The molecule has 1 aromatic heterocycles. The molecule has 1 heterocycles. The maximum Gasteiger partial charge on any atom is 0.168 e. The van der Waals surface area contributed by atoms with E-state index >= 15 is 0 Å². The Morgan fingerprint density at radius 2 is 1.69 bits per heavy atom. The van der Waals surface area contributed by atoms with Crippen molar-refractivity contribution < 1.29 is 9.90 Å². The minimum Gasteiger partial charge on any atom is -0.388 e. The summed E-state index contributed by atoms with van der Waals surface area (Å²) in [6, 6.07) is 19.9. The van der Waals surface area contributed by atoms with Gasteiger partial charge in [0.25, 0.3) is 0 Å². The number of aromatic nitrogens is 1. The van der Waals surface area contributed by atoms with Gasteiger partial charge in [-0.3, -0.25) is 4.79 Å². The molecule has 0 unspecified atom stereocenters. The van der Waals surface area contributed by atoms with Crippen LogP contribution in [0.5, 0.6) is 0 Å². The van der Waals surface area contributed by atoms with E-state index in [1.54, 1.807) is 37.3 Å². The van der Waals surface area contributed by atoms with Crippen LogP contribution < -0.4 is 0 Å². The first-order chi connectivity index (χ1) is 12.5. The maximum atomic E-state index is 12.7. The van der Waals surface area contributed by atoms with Gasteiger partial charge in [-0.25, -0.2) is 0 Å². The van der Waals surface area contributed by atoms with E-state index in [0.717, 1.165) is 5.69 Å². The largest absolute Gasteiger partial charge is 0.388 e. The molecule has 26 heavy (non-hydrogen) atoms. The molecule has 0 aliphatic carbocycles. The lowest BCUT2D eigenvalue weighted by atomic mass is 9.91. The Balaban J connectivity index is 1.92. The van der Waals surface area contributed by atoms with Gasteiger partial charge in [-0.05, 0) is 42.5 Å². The van der Waals surface area contributed by atoms with Crippen molar-refractivity contribution in [1.82, 2.24) is 4.57 Å². The van der Waals surface area contributed by atoms with E-state index < -0.39 is 12.0 Å². The minimum atomic E-state index is -0.998. The Kier molecular flexibility index (Phi) is 5.67. The Bertz CT molecular complexity index is 967. The van der Waals surface area contributed by atoms with Crippen molar-refractivity contribution in [1.29, 1.82) is 0 Å². The van der Waals surface area contributed by atoms with Gasteiger partial charge in [0.05, 0.1) is 6.10 Å². The molecule has 0 radical (unpaired) electrons. The number of carbonyl (C=O) groups is 1. The van der Waals surface area contributed by atoms with Crippen molar-refractivity contribution in [2.45, 2.75) is 13.0 Å². The van der Waals surface area contributed by atoms with Crippen molar-refractivity contribution in [2.24, 2.45) is 5.92 Å². The highest BCUT2D eigenvalue weighted by molar-refractivity contribution is 7.71. The first-order valence-electron chi connectivity index (χ1n) is 8.24. The van der Waals surface area contributed by atoms with Gasteiger partial charge in [-0.2, -0.15) is 0 Å². The Morgan fingerprint density at radius 3 is 2.35 bits per heavy atom. The molecule has 3 nitrogen and oxygen atoms in total. The number of rotatable bonds is 5. The van der Waals surface area contributed by atoms with Crippen molar-refractivity contribution in [3.8, 4) is 5.69 Å². The fourth-order valence-corrected chi connectivity index (χ4v) is 3.30. The molecular formula is C21H18ClNO2S. The molecule has 132 valence electrons. The highest BCUT2D eigenvalue weighted by atomic mass is 35.5. The van der Waals surface area contributed by atoms with Crippen LogP contribution in [0, 0.1) is 10.6 Å². The second kappa shape index (κ2) is 7.96. The molecule has 3 rings (SSSR count). The predicted octanol–water partition coefficient (Wildman–Crippen LogP) is 5.41. The molecule has 1 N–H and O–H groups in total. The van der Waals surface area contributed by atoms with Crippen LogP contribution >= 0.6 is 23.8 Å². The number of pyridine rings is 1. The number of carbonyl (C=O) groups excluding carboxylic acids is 1. The van der Waals surface area contributed by atoms with E-state index in [1.807, 2.05) is 47.2 Å². The van der Waals surface area contributed by atoms with Gasteiger partial charge in [0.15, 0.2) is 5.78 Å². The SMILES string of the molecule is C[C@@H](C(=O)c1ccc(Cl)cc1)[C@H](O)c1cccn(-c2ccccc2)c1=S. The standard InChI is InChI=1S/C21H18ClNO2S/c1-14(19(24)15-9-11-16(22)12-10-15)20(25)18-8-5-13-23(21(18)26)17-6-3-2-4-7-17/h2-14,20,25H,1H3/t14-,20-/m0/s1. The van der Waals surface area contributed by atoms with Crippen molar-refractivity contribution >= 4 is 29.6 Å². The average Bonchev–Trinajstić information content (AvgIpc) is 2.68. The van der Waals surface area contributed by atoms with Gasteiger partial charge in [-0.15, -0.1) is 0 Å². The monoisotopic (exact) mass is 383 g/mol. The summed E-state index contributed by atoms with van der Waals surface area (Å²) >= 11 is 11.4. The first kappa shape index (κ1) is 18.5. The molecule has 0 spiro atoms. The number of aliphatic hydroxyl groups excluding tert-OH is 1. The fourth-order valence-electron chi connectivity index (χ4n) is 2.82. The van der Waals surface area contributed by atoms with Gasteiger partial charge >= 0.3 is 0 Å². The topological polar surface area (TPSA) is 42.2 Å². The van der Waals surface area contributed by atoms with Gasteiger partial charge < -0.3 is 9.67 Å². The summed E-state index contributed by atoms with van der Waals surface area (Å²) in [5.41, 5.74) is 1.98. The molecule has 0 fully saturated rings. The molecule has 0 aliphatic rings. The number of ketones is 1. The normalized spacial score (nSPS) is 13.2. The van der Waals surface area contributed by atoms with Gasteiger partial charge in [-0.1, -0.05) is 55.0 Å². The highest BCUT2D eigenvalue weighted by Gasteiger charge is 2.26. The van der Waals surface area contributed by atoms with Gasteiger partial charge in [0, 0.05) is 34.0 Å². The lowest BCUT2D eigenvalue weighted by molar-refractivity contribution is 0.0711. The number of halogens is 1. The highest BCUT2D eigenvalue weighted by Crippen LogP contribution is 2.27. The van der Waals surface area contributed by atoms with Crippen LogP contribution in [0.4, 0.5) is 0 Å². The zero-order chi connectivity index (χ0) is 18.7. The summed E-state index contributed by atoms with van der Waals surface area (Å²) < 4.78 is 2.31. The molecule has 2 atom stereocenters. The number of para-hydroxylation sites is 1. The van der Waals surface area contributed by atoms with E-state index in [-0.39, 0.29) is 5.78 Å². The lowest BCUT2D eigenvalue weighted by Crippen LogP contribution is -2.20. The van der Waals surface area contributed by atoms with Gasteiger partial charge in [0.1, 0.15) is 4.64 Å². The Morgan fingerprint density at radius 1 is 1.04 bits per heavy atom. The van der Waals surface area contributed by atoms with Crippen LogP contribution in [-0.4, -0.2) is 15.5 Å². The molecule has 5 heteroatoms. The summed E-state index contributed by atoms with van der Waals surface area (Å²) in [4.78, 5) is 12.7. The molecule has 0 saturated carbocycles. The third-order valence-corrected chi connectivity index (χ3v) is 5.03. The van der Waals surface area contributed by atoms with Crippen molar-refractivity contribution in [3.63, 3.8) is 0 Å². The van der Waals surface area contributed by atoms with Crippen molar-refractivity contribution in [2.75, 3.05) is 0 Å². The predicted molar refractivity (Wildman–Crippen MR) is 107 cm³/mol. The quantitative estimate of drug-likeness (QED) is 0.473. The summed E-state index contributed by atoms with van der Waals surface area (Å²) in [5.74, 6) is -0.789. The van der Waals surface area contributed by atoms with Crippen LogP contribution in [0.15, 0.2) is 72.9 Å². The minimum absolute atomic E-state index is 0.154. The molecular weight excluding hydrogens is 366 g/mol. The van der Waals surface area contributed by atoms with Crippen LogP contribution in [0.3, 0.4) is 0 Å². The maximum absolute atomic E-state index is 12.7. The summed E-state index contributed by atoms with van der Waals surface area (Å²) in [6.45, 7) is 1.70. The van der Waals surface area contributed by atoms with Crippen LogP contribution in [0.1, 0.15) is 28.9 Å². The van der Waals surface area contributed by atoms with E-state index in [1.165, 1.54) is 0 Å². The van der Waals surface area contributed by atoms with Crippen LogP contribution in [0.2, 0.25) is 5.02 Å². The summed E-state index contributed by atoms with van der Waals surface area (Å²) in [5, 5.41) is 11.4. The molecule has 0 saturated heterocycles. The second-order valence-electron chi connectivity index (χ2n) is 6.08. The Hall–Kier alpha value is -2.27. The number of hydrogen-bond donors (Lipinski definition) is 1. The number of hydrogen-bond acceptors (Lipinski definition) is 3. The van der Waals surface area contributed by atoms with Crippen molar-refractivity contribution in [3.05, 3.63) is 93.7 Å². The van der Waals surface area contributed by atoms with E-state index in [2.05, 4.69) is 0 Å². The zero-order valence-corrected chi connectivity index (χ0v) is 15.7. The summed E-state index contributed by atoms with van der Waals surface area (Å²) in [7, 11) is 0. The van der Waals surface area contributed by atoms with Crippen LogP contribution in [-0.2, 0) is 0 Å². The Labute approximate surface area is 162 Å². The fraction of sp³-hybridized carbons (Fsp3) is 0.143. The number of Topliss-reactive ketones (excluding diaryl/α,β-unsaturated/α-hetero) is 1. The first-order valence-corrected chi connectivity index (χ1v) is 9.02. The van der Waals surface area contributed by atoms with E-state index in [9.17, 15) is 9.90 Å². The van der Waals surface area contributed by atoms with E-state index in [0.29, 0.717) is 20.8 Å². The zero-order valence-electron chi connectivity index (χ0n) is 14.2. The number of aliphatic hydroxyl groups is 1. The molecule has 0 bridgehead atoms. The average molecular weight is 384 g/mol. The second-order valence-corrected chi connectivity index (χ2v) is 6.90. The molecule has 2 aromatic carbocycles. The molecule has 3 aromatic rings.